The Labute approximate surface area is 113 Å². The summed E-state index contributed by atoms with van der Waals surface area (Å²) in [5, 5.41) is 0. The van der Waals surface area contributed by atoms with Crippen LogP contribution in [0.15, 0.2) is 24.3 Å². The SMILES string of the molecule is Cc1ccc(OC(=O)CN(C)C2CCSC2)cc1. The van der Waals surface area contributed by atoms with Crippen LogP contribution in [0.1, 0.15) is 12.0 Å². The predicted octanol–water partition coefficient (Wildman–Crippen LogP) is 2.34. The Hall–Kier alpha value is -1.00. The third kappa shape index (κ3) is 3.75. The molecule has 1 aliphatic rings. The van der Waals surface area contributed by atoms with Crippen molar-refractivity contribution < 1.29 is 9.53 Å². The normalized spacial score (nSPS) is 19.2. The van der Waals surface area contributed by atoms with Crippen molar-refractivity contribution in [2.45, 2.75) is 19.4 Å². The second-order valence-corrected chi connectivity index (χ2v) is 5.87. The molecule has 0 aromatic heterocycles. The Kier molecular flexibility index (Phi) is 4.66. The van der Waals surface area contributed by atoms with Crippen molar-refractivity contribution >= 4 is 17.7 Å². The fourth-order valence-electron chi connectivity index (χ4n) is 1.97. The minimum atomic E-state index is -0.182. The van der Waals surface area contributed by atoms with Gasteiger partial charge in [0.1, 0.15) is 5.75 Å². The van der Waals surface area contributed by atoms with Gasteiger partial charge in [0, 0.05) is 11.8 Å². The van der Waals surface area contributed by atoms with E-state index in [0.29, 0.717) is 18.3 Å². The highest BCUT2D eigenvalue weighted by Gasteiger charge is 2.22. The molecule has 98 valence electrons. The number of rotatable bonds is 4. The molecule has 1 aromatic rings. The number of nitrogens with zero attached hydrogens (tertiary/aromatic N) is 1. The van der Waals surface area contributed by atoms with Crippen molar-refractivity contribution in [2.75, 3.05) is 25.1 Å². The molecule has 0 aliphatic carbocycles. The Morgan fingerprint density at radius 1 is 1.44 bits per heavy atom. The summed E-state index contributed by atoms with van der Waals surface area (Å²) in [4.78, 5) is 13.9. The molecule has 1 fully saturated rings. The molecule has 1 atom stereocenters. The molecule has 0 N–H and O–H groups in total. The van der Waals surface area contributed by atoms with Gasteiger partial charge in [-0.15, -0.1) is 0 Å². The van der Waals surface area contributed by atoms with E-state index in [2.05, 4.69) is 4.90 Å². The smallest absolute Gasteiger partial charge is 0.325 e. The van der Waals surface area contributed by atoms with Crippen molar-refractivity contribution in [1.29, 1.82) is 0 Å². The molecule has 1 saturated heterocycles. The Bertz CT molecular complexity index is 399. The molecule has 3 nitrogen and oxygen atoms in total. The highest BCUT2D eigenvalue weighted by atomic mass is 32.2. The van der Waals surface area contributed by atoms with Crippen molar-refractivity contribution in [3.05, 3.63) is 29.8 Å². The maximum absolute atomic E-state index is 11.8. The van der Waals surface area contributed by atoms with Crippen LogP contribution in [0.25, 0.3) is 0 Å². The van der Waals surface area contributed by atoms with E-state index in [9.17, 15) is 4.79 Å². The number of hydrogen-bond acceptors (Lipinski definition) is 4. The summed E-state index contributed by atoms with van der Waals surface area (Å²) in [6, 6.07) is 8.07. The van der Waals surface area contributed by atoms with E-state index in [0.717, 1.165) is 11.3 Å². The number of carbonyl (C=O) groups is 1. The van der Waals surface area contributed by atoms with E-state index in [1.54, 1.807) is 0 Å². The zero-order valence-corrected chi connectivity index (χ0v) is 11.7. The Morgan fingerprint density at radius 2 is 2.17 bits per heavy atom. The molecule has 1 aliphatic heterocycles. The lowest BCUT2D eigenvalue weighted by Gasteiger charge is -2.22. The van der Waals surface area contributed by atoms with Crippen LogP contribution in [0.3, 0.4) is 0 Å². The van der Waals surface area contributed by atoms with Crippen molar-refractivity contribution in [3.63, 3.8) is 0 Å². The van der Waals surface area contributed by atoms with Gasteiger partial charge in [-0.05, 0) is 38.3 Å². The number of carbonyl (C=O) groups excluding carboxylic acids is 1. The van der Waals surface area contributed by atoms with Crippen molar-refractivity contribution in [2.24, 2.45) is 0 Å². The first-order chi connectivity index (χ1) is 8.65. The molecule has 0 saturated carbocycles. The predicted molar refractivity (Wildman–Crippen MR) is 75.2 cm³/mol. The third-order valence-electron chi connectivity index (χ3n) is 3.16. The van der Waals surface area contributed by atoms with Crippen LogP contribution in [-0.2, 0) is 4.79 Å². The van der Waals surface area contributed by atoms with Gasteiger partial charge < -0.3 is 4.74 Å². The summed E-state index contributed by atoms with van der Waals surface area (Å²) in [6.07, 6.45) is 1.17. The first-order valence-corrected chi connectivity index (χ1v) is 7.36. The van der Waals surface area contributed by atoms with Gasteiger partial charge in [0.2, 0.25) is 0 Å². The zero-order chi connectivity index (χ0) is 13.0. The number of hydrogen-bond donors (Lipinski definition) is 0. The fourth-order valence-corrected chi connectivity index (χ4v) is 3.27. The zero-order valence-electron chi connectivity index (χ0n) is 10.9. The molecule has 18 heavy (non-hydrogen) atoms. The number of ether oxygens (including phenoxy) is 1. The molecule has 0 amide bonds. The lowest BCUT2D eigenvalue weighted by molar-refractivity contribution is -0.135. The quantitative estimate of drug-likeness (QED) is 0.617. The topological polar surface area (TPSA) is 29.5 Å². The van der Waals surface area contributed by atoms with Gasteiger partial charge in [-0.3, -0.25) is 9.69 Å². The van der Waals surface area contributed by atoms with E-state index in [4.69, 9.17) is 4.74 Å². The maximum atomic E-state index is 11.8. The molecule has 0 radical (unpaired) electrons. The fraction of sp³-hybridized carbons (Fsp3) is 0.500. The van der Waals surface area contributed by atoms with Gasteiger partial charge in [-0.1, -0.05) is 17.7 Å². The van der Waals surface area contributed by atoms with Crippen LogP contribution in [-0.4, -0.2) is 42.0 Å². The maximum Gasteiger partial charge on any atom is 0.325 e. The number of esters is 1. The molecule has 1 heterocycles. The summed E-state index contributed by atoms with van der Waals surface area (Å²) < 4.78 is 5.31. The summed E-state index contributed by atoms with van der Waals surface area (Å²) in [7, 11) is 1.99. The lowest BCUT2D eigenvalue weighted by atomic mass is 10.2. The van der Waals surface area contributed by atoms with Crippen LogP contribution < -0.4 is 4.74 Å². The third-order valence-corrected chi connectivity index (χ3v) is 4.31. The average molecular weight is 265 g/mol. The van der Waals surface area contributed by atoms with Gasteiger partial charge in [0.15, 0.2) is 0 Å². The van der Waals surface area contributed by atoms with Crippen molar-refractivity contribution in [3.8, 4) is 5.75 Å². The molecule has 1 aromatic carbocycles. The molecular weight excluding hydrogens is 246 g/mol. The van der Waals surface area contributed by atoms with E-state index < -0.39 is 0 Å². The van der Waals surface area contributed by atoms with Crippen LogP contribution in [0.4, 0.5) is 0 Å². The van der Waals surface area contributed by atoms with Gasteiger partial charge >= 0.3 is 5.97 Å². The highest BCUT2D eigenvalue weighted by molar-refractivity contribution is 7.99. The first-order valence-electron chi connectivity index (χ1n) is 6.20. The minimum absolute atomic E-state index is 0.182. The van der Waals surface area contributed by atoms with Gasteiger partial charge in [0.25, 0.3) is 0 Å². The second kappa shape index (κ2) is 6.25. The van der Waals surface area contributed by atoms with Gasteiger partial charge in [-0.2, -0.15) is 11.8 Å². The summed E-state index contributed by atoms with van der Waals surface area (Å²) in [6.45, 7) is 2.37. The highest BCUT2D eigenvalue weighted by Crippen LogP contribution is 2.21. The monoisotopic (exact) mass is 265 g/mol. The lowest BCUT2D eigenvalue weighted by Crippen LogP contribution is -2.37. The average Bonchev–Trinajstić information content (AvgIpc) is 2.85. The first kappa shape index (κ1) is 13.4. The minimum Gasteiger partial charge on any atom is -0.426 e. The summed E-state index contributed by atoms with van der Waals surface area (Å²) in [5.74, 6) is 2.76. The number of thioether (sulfide) groups is 1. The molecule has 0 bridgehead atoms. The second-order valence-electron chi connectivity index (χ2n) is 4.72. The molecule has 4 heteroatoms. The molecule has 0 spiro atoms. The Morgan fingerprint density at radius 3 is 2.78 bits per heavy atom. The largest absolute Gasteiger partial charge is 0.426 e. The Balaban J connectivity index is 1.82. The van der Waals surface area contributed by atoms with Crippen LogP contribution in [0, 0.1) is 6.92 Å². The standard InChI is InChI=1S/C14H19NO2S/c1-11-3-5-13(6-4-11)17-14(16)9-15(2)12-7-8-18-10-12/h3-6,12H,7-10H2,1-2H3. The summed E-state index contributed by atoms with van der Waals surface area (Å²) >= 11 is 1.95. The van der Waals surface area contributed by atoms with E-state index in [-0.39, 0.29) is 5.97 Å². The van der Waals surface area contributed by atoms with E-state index in [1.807, 2.05) is 50.0 Å². The summed E-state index contributed by atoms with van der Waals surface area (Å²) in [5.41, 5.74) is 1.16. The number of benzene rings is 1. The number of likely N-dealkylation sites (N-methyl/N-ethyl adjacent to an activating group) is 1. The van der Waals surface area contributed by atoms with Crippen molar-refractivity contribution in [1.82, 2.24) is 4.90 Å². The van der Waals surface area contributed by atoms with Gasteiger partial charge in [-0.25, -0.2) is 0 Å². The van der Waals surface area contributed by atoms with E-state index >= 15 is 0 Å². The van der Waals surface area contributed by atoms with E-state index in [1.165, 1.54) is 12.2 Å². The van der Waals surface area contributed by atoms with Crippen LogP contribution in [0.5, 0.6) is 5.75 Å². The van der Waals surface area contributed by atoms with Crippen LogP contribution in [0.2, 0.25) is 0 Å². The van der Waals surface area contributed by atoms with Gasteiger partial charge in [0.05, 0.1) is 6.54 Å². The number of aryl methyl sites for hydroxylation is 1. The molecular formula is C14H19NO2S. The molecule has 1 unspecified atom stereocenters. The molecule has 2 rings (SSSR count). The van der Waals surface area contributed by atoms with Crippen LogP contribution >= 0.6 is 11.8 Å².